The van der Waals surface area contributed by atoms with E-state index in [-0.39, 0.29) is 0 Å². The van der Waals surface area contributed by atoms with Crippen molar-refractivity contribution < 1.29 is 14.2 Å². The average molecular weight is 307 g/mol. The molecule has 1 aromatic carbocycles. The molecule has 2 saturated heterocycles. The minimum Gasteiger partial charge on any atom is -0.486 e. The van der Waals surface area contributed by atoms with Crippen LogP contribution in [0.5, 0.6) is 11.5 Å². The van der Waals surface area contributed by atoms with Crippen LogP contribution in [0.2, 0.25) is 0 Å². The molecule has 3 unspecified atom stereocenters. The first kappa shape index (κ1) is 13.7. The van der Waals surface area contributed by atoms with E-state index in [2.05, 4.69) is 23.7 Å². The van der Waals surface area contributed by atoms with Gasteiger partial charge in [-0.3, -0.25) is 0 Å². The number of hydrogen-bond donors (Lipinski definition) is 1. The summed E-state index contributed by atoms with van der Waals surface area (Å²) < 4.78 is 17.3. The minimum absolute atomic E-state index is 0.421. The van der Waals surface area contributed by atoms with Gasteiger partial charge < -0.3 is 19.5 Å². The fourth-order valence-corrected chi connectivity index (χ4v) is 4.15. The monoisotopic (exact) mass is 307 g/mol. The van der Waals surface area contributed by atoms with Crippen LogP contribution in [0.3, 0.4) is 0 Å². The highest BCUT2D eigenvalue weighted by molar-refractivity contribution is 7.98. The Morgan fingerprint density at radius 1 is 1.19 bits per heavy atom. The molecule has 0 aliphatic carbocycles. The number of rotatable bonds is 4. The second-order valence-electron chi connectivity index (χ2n) is 5.90. The van der Waals surface area contributed by atoms with Gasteiger partial charge >= 0.3 is 0 Å². The number of ether oxygens (including phenoxy) is 3. The van der Waals surface area contributed by atoms with E-state index < -0.39 is 0 Å². The summed E-state index contributed by atoms with van der Waals surface area (Å²) in [6, 6.07) is 4.74. The predicted octanol–water partition coefficient (Wildman–Crippen LogP) is 2.59. The van der Waals surface area contributed by atoms with Crippen LogP contribution >= 0.6 is 11.8 Å². The first-order valence-electron chi connectivity index (χ1n) is 7.69. The molecule has 2 fully saturated rings. The normalized spacial score (nSPS) is 29.9. The molecule has 3 aliphatic rings. The van der Waals surface area contributed by atoms with Gasteiger partial charge in [-0.1, -0.05) is 0 Å². The van der Waals surface area contributed by atoms with Gasteiger partial charge in [-0.2, -0.15) is 0 Å². The minimum atomic E-state index is 0.421. The molecule has 3 aliphatic heterocycles. The first-order chi connectivity index (χ1) is 10.3. The summed E-state index contributed by atoms with van der Waals surface area (Å²) in [6.45, 7) is 2.14. The molecule has 5 heteroatoms. The van der Waals surface area contributed by atoms with Crippen molar-refractivity contribution in [2.45, 2.75) is 49.0 Å². The standard InChI is InChI=1S/C16H21NO3S/c1-21-16-8-15-14(18-4-5-19-15)6-10(16)9-17-12-7-11-2-3-13(12)20-11/h6,8,11-13,17H,2-5,7,9H2,1H3. The van der Waals surface area contributed by atoms with Gasteiger partial charge in [0, 0.05) is 17.5 Å². The Morgan fingerprint density at radius 3 is 2.67 bits per heavy atom. The quantitative estimate of drug-likeness (QED) is 0.866. The third-order valence-electron chi connectivity index (χ3n) is 4.61. The highest BCUT2D eigenvalue weighted by Crippen LogP contribution is 2.38. The van der Waals surface area contributed by atoms with Crippen LogP contribution in [0, 0.1) is 0 Å². The van der Waals surface area contributed by atoms with Crippen LogP contribution in [0.15, 0.2) is 17.0 Å². The third kappa shape index (κ3) is 2.62. The van der Waals surface area contributed by atoms with Crippen LogP contribution < -0.4 is 14.8 Å². The molecule has 4 rings (SSSR count). The molecular formula is C16H21NO3S. The molecule has 3 atom stereocenters. The van der Waals surface area contributed by atoms with E-state index in [1.165, 1.54) is 23.3 Å². The SMILES string of the molecule is CSc1cc2c(cc1CNC1CC3CCC1O3)OCCO2. The van der Waals surface area contributed by atoms with E-state index in [1.807, 2.05) is 0 Å². The van der Waals surface area contributed by atoms with Gasteiger partial charge in [-0.05, 0) is 43.2 Å². The molecule has 2 bridgehead atoms. The lowest BCUT2D eigenvalue weighted by atomic mass is 9.95. The van der Waals surface area contributed by atoms with Crippen LogP contribution in [-0.4, -0.2) is 37.7 Å². The Morgan fingerprint density at radius 2 is 2.00 bits per heavy atom. The summed E-state index contributed by atoms with van der Waals surface area (Å²) in [5.74, 6) is 1.75. The second kappa shape index (κ2) is 5.71. The molecular weight excluding hydrogens is 286 g/mol. The number of fused-ring (bicyclic) bond motifs is 3. The number of thioether (sulfide) groups is 1. The van der Waals surface area contributed by atoms with Crippen molar-refractivity contribution in [2.75, 3.05) is 19.5 Å². The van der Waals surface area contributed by atoms with E-state index in [0.717, 1.165) is 24.5 Å². The molecule has 3 heterocycles. The Labute approximate surface area is 129 Å². The fraction of sp³-hybridized carbons (Fsp3) is 0.625. The topological polar surface area (TPSA) is 39.7 Å². The summed E-state index contributed by atoms with van der Waals surface area (Å²) in [6.07, 6.45) is 6.62. The third-order valence-corrected chi connectivity index (χ3v) is 5.43. The van der Waals surface area contributed by atoms with Crippen LogP contribution in [0.1, 0.15) is 24.8 Å². The van der Waals surface area contributed by atoms with Crippen molar-refractivity contribution in [1.29, 1.82) is 0 Å². The first-order valence-corrected chi connectivity index (χ1v) is 8.91. The fourth-order valence-electron chi connectivity index (χ4n) is 3.53. The van der Waals surface area contributed by atoms with E-state index in [1.54, 1.807) is 11.8 Å². The van der Waals surface area contributed by atoms with Gasteiger partial charge in [0.05, 0.1) is 12.2 Å². The lowest BCUT2D eigenvalue weighted by molar-refractivity contribution is 0.0972. The summed E-state index contributed by atoms with van der Waals surface area (Å²) in [7, 11) is 0. The van der Waals surface area contributed by atoms with Crippen LogP contribution in [-0.2, 0) is 11.3 Å². The van der Waals surface area contributed by atoms with Gasteiger partial charge in [0.25, 0.3) is 0 Å². The van der Waals surface area contributed by atoms with Crippen molar-refractivity contribution in [3.05, 3.63) is 17.7 Å². The van der Waals surface area contributed by atoms with E-state index >= 15 is 0 Å². The van der Waals surface area contributed by atoms with Crippen molar-refractivity contribution in [3.63, 3.8) is 0 Å². The molecule has 114 valence electrons. The number of hydrogen-bond acceptors (Lipinski definition) is 5. The molecule has 1 N–H and O–H groups in total. The van der Waals surface area contributed by atoms with Crippen molar-refractivity contribution in [3.8, 4) is 11.5 Å². The van der Waals surface area contributed by atoms with Gasteiger partial charge in [0.2, 0.25) is 0 Å². The smallest absolute Gasteiger partial charge is 0.162 e. The van der Waals surface area contributed by atoms with Crippen LogP contribution in [0.4, 0.5) is 0 Å². The molecule has 0 radical (unpaired) electrons. The molecule has 0 aromatic heterocycles. The van der Waals surface area contributed by atoms with E-state index in [9.17, 15) is 0 Å². The molecule has 0 spiro atoms. The Hall–Kier alpha value is -0.910. The number of nitrogens with one attached hydrogen (secondary N) is 1. The lowest BCUT2D eigenvalue weighted by Crippen LogP contribution is -2.37. The molecule has 21 heavy (non-hydrogen) atoms. The highest BCUT2D eigenvalue weighted by atomic mass is 32.2. The highest BCUT2D eigenvalue weighted by Gasteiger charge is 2.40. The summed E-state index contributed by atoms with van der Waals surface area (Å²) in [4.78, 5) is 1.26. The maximum atomic E-state index is 5.91. The van der Waals surface area contributed by atoms with Gasteiger partial charge in [0.15, 0.2) is 11.5 Å². The summed E-state index contributed by atoms with van der Waals surface area (Å²) in [5, 5.41) is 3.68. The molecule has 4 nitrogen and oxygen atoms in total. The number of benzene rings is 1. The maximum absolute atomic E-state index is 5.91. The van der Waals surface area contributed by atoms with Crippen molar-refractivity contribution >= 4 is 11.8 Å². The van der Waals surface area contributed by atoms with Gasteiger partial charge in [-0.25, -0.2) is 0 Å². The molecule has 0 saturated carbocycles. The van der Waals surface area contributed by atoms with Gasteiger partial charge in [0.1, 0.15) is 13.2 Å². The largest absolute Gasteiger partial charge is 0.486 e. The van der Waals surface area contributed by atoms with Crippen molar-refractivity contribution in [1.82, 2.24) is 5.32 Å². The lowest BCUT2D eigenvalue weighted by Gasteiger charge is -2.23. The summed E-state index contributed by atoms with van der Waals surface area (Å²) in [5.41, 5.74) is 1.29. The van der Waals surface area contributed by atoms with Crippen LogP contribution in [0.25, 0.3) is 0 Å². The Bertz CT molecular complexity index is 536. The zero-order chi connectivity index (χ0) is 14.2. The average Bonchev–Trinajstić information content (AvgIpc) is 3.14. The van der Waals surface area contributed by atoms with E-state index in [4.69, 9.17) is 14.2 Å². The van der Waals surface area contributed by atoms with Crippen molar-refractivity contribution in [2.24, 2.45) is 0 Å². The zero-order valence-corrected chi connectivity index (χ0v) is 13.1. The Balaban J connectivity index is 1.48. The second-order valence-corrected chi connectivity index (χ2v) is 6.75. The van der Waals surface area contributed by atoms with E-state index in [0.29, 0.717) is 31.5 Å². The molecule has 1 aromatic rings. The zero-order valence-electron chi connectivity index (χ0n) is 12.3. The van der Waals surface area contributed by atoms with Gasteiger partial charge in [-0.15, -0.1) is 11.8 Å². The summed E-state index contributed by atoms with van der Waals surface area (Å²) >= 11 is 1.76. The Kier molecular flexibility index (Phi) is 3.73. The molecule has 0 amide bonds. The predicted molar refractivity (Wildman–Crippen MR) is 82.4 cm³/mol. The maximum Gasteiger partial charge on any atom is 0.162 e.